The van der Waals surface area contributed by atoms with Crippen molar-refractivity contribution in [1.29, 1.82) is 0 Å². The lowest BCUT2D eigenvalue weighted by atomic mass is 9.62. The highest BCUT2D eigenvalue weighted by Gasteiger charge is 2.43. The van der Waals surface area contributed by atoms with E-state index in [0.29, 0.717) is 0 Å². The van der Waals surface area contributed by atoms with Gasteiger partial charge in [0.25, 0.3) is 0 Å². The van der Waals surface area contributed by atoms with E-state index in [1.807, 2.05) is 24.3 Å². The zero-order chi connectivity index (χ0) is 18.3. The minimum Gasteiger partial charge on any atom is -0.289 e. The molecular formula is C24H18OS2. The second kappa shape index (κ2) is 6.59. The Bertz CT molecular complexity index is 1000. The van der Waals surface area contributed by atoms with Crippen molar-refractivity contribution in [3.8, 4) is 0 Å². The Morgan fingerprint density at radius 2 is 1.11 bits per heavy atom. The summed E-state index contributed by atoms with van der Waals surface area (Å²) in [4.78, 5) is 15.9. The van der Waals surface area contributed by atoms with Crippen LogP contribution in [0.15, 0.2) is 83.6 Å². The minimum atomic E-state index is -0.225. The molecule has 5 rings (SSSR count). The number of hydrogen-bond acceptors (Lipinski definition) is 3. The Labute approximate surface area is 166 Å². The Kier molecular flexibility index (Phi) is 4.07. The third-order valence-corrected chi connectivity index (χ3v) is 7.24. The maximum atomic E-state index is 13.2. The molecule has 1 nitrogen and oxygen atoms in total. The Morgan fingerprint density at radius 3 is 1.56 bits per heavy atom. The molecule has 3 heteroatoms. The highest BCUT2D eigenvalue weighted by molar-refractivity contribution is 7.10. The lowest BCUT2D eigenvalue weighted by molar-refractivity contribution is 0.102. The minimum absolute atomic E-state index is 0.147. The molecule has 0 atom stereocenters. The molecule has 0 bridgehead atoms. The fraction of sp³-hybridized carbons (Fsp3) is 0.125. The molecule has 0 N–H and O–H groups in total. The van der Waals surface area contributed by atoms with E-state index < -0.39 is 0 Å². The molecule has 1 aliphatic carbocycles. The summed E-state index contributed by atoms with van der Waals surface area (Å²) >= 11 is 3.59. The molecule has 0 aliphatic heterocycles. The predicted octanol–water partition coefficient (Wildman–Crippen LogP) is 6.13. The summed E-state index contributed by atoms with van der Waals surface area (Å²) in [6.07, 6.45) is 1.81. The van der Waals surface area contributed by atoms with Crippen LogP contribution >= 0.6 is 22.7 Å². The molecule has 1 aliphatic rings. The van der Waals surface area contributed by atoms with Gasteiger partial charge >= 0.3 is 0 Å². The molecule has 0 fully saturated rings. The number of carbonyl (C=O) groups is 1. The van der Waals surface area contributed by atoms with Crippen LogP contribution in [0, 0.1) is 0 Å². The fourth-order valence-electron chi connectivity index (χ4n) is 4.35. The smallest absolute Gasteiger partial charge is 0.193 e. The number of fused-ring (bicyclic) bond motifs is 2. The zero-order valence-electron chi connectivity index (χ0n) is 14.7. The van der Waals surface area contributed by atoms with Crippen molar-refractivity contribution in [2.24, 2.45) is 0 Å². The Hall–Kier alpha value is -2.49. The van der Waals surface area contributed by atoms with Crippen LogP contribution in [-0.4, -0.2) is 5.78 Å². The molecule has 2 aromatic carbocycles. The zero-order valence-corrected chi connectivity index (χ0v) is 16.4. The molecule has 0 spiro atoms. The lowest BCUT2D eigenvalue weighted by Gasteiger charge is -2.40. The van der Waals surface area contributed by atoms with Crippen LogP contribution in [0.5, 0.6) is 0 Å². The summed E-state index contributed by atoms with van der Waals surface area (Å²) in [5, 5.41) is 4.28. The van der Waals surface area contributed by atoms with Crippen LogP contribution in [0.25, 0.3) is 0 Å². The maximum Gasteiger partial charge on any atom is 0.193 e. The highest BCUT2D eigenvalue weighted by Crippen LogP contribution is 2.47. The third-order valence-electron chi connectivity index (χ3n) is 5.49. The summed E-state index contributed by atoms with van der Waals surface area (Å²) in [6.45, 7) is 0. The normalized spacial score (nSPS) is 14.6. The molecule has 0 radical (unpaired) electrons. The second-order valence-electron chi connectivity index (χ2n) is 7.01. The van der Waals surface area contributed by atoms with Gasteiger partial charge in [0.05, 0.1) is 0 Å². The first kappa shape index (κ1) is 16.7. The SMILES string of the molecule is O=C1c2ccccc2C(Cc2cccs2)(Cc2cccs2)c2ccccc21. The summed E-state index contributed by atoms with van der Waals surface area (Å²) in [5.74, 6) is 0.147. The van der Waals surface area contributed by atoms with Crippen LogP contribution in [0.3, 0.4) is 0 Å². The molecular weight excluding hydrogens is 368 g/mol. The van der Waals surface area contributed by atoms with Crippen molar-refractivity contribution < 1.29 is 4.79 Å². The van der Waals surface area contributed by atoms with Gasteiger partial charge in [-0.2, -0.15) is 0 Å². The first-order chi connectivity index (χ1) is 13.3. The van der Waals surface area contributed by atoms with Crippen molar-refractivity contribution in [3.05, 3.63) is 116 Å². The van der Waals surface area contributed by atoms with E-state index in [4.69, 9.17) is 0 Å². The van der Waals surface area contributed by atoms with Crippen molar-refractivity contribution in [2.45, 2.75) is 18.3 Å². The predicted molar refractivity (Wildman–Crippen MR) is 113 cm³/mol. The average Bonchev–Trinajstić information content (AvgIpc) is 3.40. The highest BCUT2D eigenvalue weighted by atomic mass is 32.1. The van der Waals surface area contributed by atoms with E-state index in [-0.39, 0.29) is 11.2 Å². The number of hydrogen-bond donors (Lipinski definition) is 0. The van der Waals surface area contributed by atoms with Gasteiger partial charge in [0, 0.05) is 26.3 Å². The van der Waals surface area contributed by atoms with Gasteiger partial charge in [-0.25, -0.2) is 0 Å². The van der Waals surface area contributed by atoms with Crippen molar-refractivity contribution in [3.63, 3.8) is 0 Å². The molecule has 0 unspecified atom stereocenters. The number of ketones is 1. The number of benzene rings is 2. The molecule has 0 saturated carbocycles. The standard InChI is InChI=1S/C24H18OS2/c25-23-19-9-1-3-11-21(19)24(15-17-7-5-13-26-17,16-18-8-6-14-27-18)22-12-4-2-10-20(22)23/h1-14H,15-16H2. The quantitative estimate of drug-likeness (QED) is 0.413. The first-order valence-electron chi connectivity index (χ1n) is 9.06. The van der Waals surface area contributed by atoms with Crippen molar-refractivity contribution >= 4 is 28.5 Å². The molecule has 0 amide bonds. The molecule has 2 aromatic heterocycles. The van der Waals surface area contributed by atoms with Gasteiger partial charge in [-0.3, -0.25) is 4.79 Å². The van der Waals surface area contributed by atoms with Gasteiger partial charge in [-0.15, -0.1) is 22.7 Å². The summed E-state index contributed by atoms with van der Waals surface area (Å²) in [7, 11) is 0. The second-order valence-corrected chi connectivity index (χ2v) is 9.08. The van der Waals surface area contributed by atoms with E-state index in [0.717, 1.165) is 35.1 Å². The van der Waals surface area contributed by atoms with Crippen LogP contribution < -0.4 is 0 Å². The van der Waals surface area contributed by atoms with Crippen LogP contribution in [-0.2, 0) is 18.3 Å². The molecule has 0 saturated heterocycles. The average molecular weight is 387 g/mol. The van der Waals surface area contributed by atoms with E-state index in [1.54, 1.807) is 22.7 Å². The fourth-order valence-corrected chi connectivity index (χ4v) is 5.99. The van der Waals surface area contributed by atoms with E-state index in [9.17, 15) is 4.79 Å². The van der Waals surface area contributed by atoms with Crippen LogP contribution in [0.4, 0.5) is 0 Å². The molecule has 4 aromatic rings. The summed E-state index contributed by atoms with van der Waals surface area (Å²) in [6, 6.07) is 25.0. The first-order valence-corrected chi connectivity index (χ1v) is 10.8. The monoisotopic (exact) mass is 386 g/mol. The number of carbonyl (C=O) groups excluding carboxylic acids is 1. The molecule has 2 heterocycles. The maximum absolute atomic E-state index is 13.2. The lowest BCUT2D eigenvalue weighted by Crippen LogP contribution is -2.39. The van der Waals surface area contributed by atoms with Crippen molar-refractivity contribution in [2.75, 3.05) is 0 Å². The third kappa shape index (κ3) is 2.70. The van der Waals surface area contributed by atoms with Gasteiger partial charge in [-0.1, -0.05) is 60.7 Å². The van der Waals surface area contributed by atoms with Crippen molar-refractivity contribution in [1.82, 2.24) is 0 Å². The number of thiophene rings is 2. The van der Waals surface area contributed by atoms with Gasteiger partial charge in [-0.05, 0) is 46.9 Å². The Balaban J connectivity index is 1.80. The largest absolute Gasteiger partial charge is 0.289 e. The summed E-state index contributed by atoms with van der Waals surface area (Å²) < 4.78 is 0. The van der Waals surface area contributed by atoms with Gasteiger partial charge in [0.2, 0.25) is 0 Å². The van der Waals surface area contributed by atoms with Gasteiger partial charge in [0.1, 0.15) is 0 Å². The van der Waals surface area contributed by atoms with E-state index in [2.05, 4.69) is 59.3 Å². The van der Waals surface area contributed by atoms with Crippen LogP contribution in [0.2, 0.25) is 0 Å². The molecule has 132 valence electrons. The topological polar surface area (TPSA) is 17.1 Å². The Morgan fingerprint density at radius 1 is 0.630 bits per heavy atom. The van der Waals surface area contributed by atoms with Crippen LogP contribution in [0.1, 0.15) is 36.8 Å². The summed E-state index contributed by atoms with van der Waals surface area (Å²) in [5.41, 5.74) is 3.80. The molecule has 27 heavy (non-hydrogen) atoms. The number of rotatable bonds is 4. The van der Waals surface area contributed by atoms with E-state index >= 15 is 0 Å². The van der Waals surface area contributed by atoms with Gasteiger partial charge in [0.15, 0.2) is 5.78 Å². The van der Waals surface area contributed by atoms with E-state index in [1.165, 1.54) is 9.75 Å². The van der Waals surface area contributed by atoms with Gasteiger partial charge < -0.3 is 0 Å².